The molecular weight excluding hydrogens is 434 g/mol. The van der Waals surface area contributed by atoms with E-state index in [9.17, 15) is 9.59 Å². The second-order valence-corrected chi connectivity index (χ2v) is 9.87. The van der Waals surface area contributed by atoms with Crippen LogP contribution in [0.25, 0.3) is 10.2 Å². The monoisotopic (exact) mass is 463 g/mol. The maximum Gasteiger partial charge on any atom is 0.321 e. The highest BCUT2D eigenvalue weighted by Crippen LogP contribution is 2.24. The number of hydrogen-bond donors (Lipinski definition) is 1. The second kappa shape index (κ2) is 9.89. The Hall–Kier alpha value is -2.97. The predicted molar refractivity (Wildman–Crippen MR) is 131 cm³/mol. The third-order valence-electron chi connectivity index (χ3n) is 6.46. The molecule has 0 unspecified atom stereocenters. The van der Waals surface area contributed by atoms with Gasteiger partial charge in [-0.25, -0.2) is 9.78 Å². The Kier molecular flexibility index (Phi) is 6.55. The van der Waals surface area contributed by atoms with E-state index in [1.807, 2.05) is 47.4 Å². The fraction of sp³-hybridized carbons (Fsp3) is 0.400. The highest BCUT2D eigenvalue weighted by atomic mass is 32.1. The van der Waals surface area contributed by atoms with Gasteiger partial charge in [0.1, 0.15) is 5.01 Å². The number of anilines is 1. The molecule has 7 nitrogen and oxygen atoms in total. The first-order valence-corrected chi connectivity index (χ1v) is 12.4. The Morgan fingerprint density at radius 1 is 0.939 bits per heavy atom. The molecule has 2 aliphatic rings. The summed E-state index contributed by atoms with van der Waals surface area (Å²) in [5, 5.41) is 4.07. The molecule has 3 amide bonds. The van der Waals surface area contributed by atoms with Crippen molar-refractivity contribution in [3.63, 3.8) is 0 Å². The van der Waals surface area contributed by atoms with Crippen LogP contribution in [0.5, 0.6) is 0 Å². The van der Waals surface area contributed by atoms with Gasteiger partial charge in [-0.1, -0.05) is 30.3 Å². The van der Waals surface area contributed by atoms with E-state index in [0.717, 1.165) is 61.8 Å². The number of fused-ring (bicyclic) bond motifs is 1. The maximum absolute atomic E-state index is 13.2. The van der Waals surface area contributed by atoms with E-state index in [4.69, 9.17) is 4.98 Å². The van der Waals surface area contributed by atoms with Gasteiger partial charge in [0.25, 0.3) is 0 Å². The zero-order valence-electron chi connectivity index (χ0n) is 18.7. The summed E-state index contributed by atoms with van der Waals surface area (Å²) in [5.74, 6) is 0.0722. The standard InChI is InChI=1S/C25H29N5O2S/c31-24(19-7-6-12-30(17-19)25(32)26-20-8-2-1-3-9-20)29-15-13-28(14-16-29)18-23-27-21-10-4-5-11-22(21)33-23/h1-5,8-11,19H,6-7,12-18H2,(H,26,32)/t19-/m0/s1. The number of para-hydroxylation sites is 2. The molecular formula is C25H29N5O2S. The Morgan fingerprint density at radius 3 is 2.48 bits per heavy atom. The lowest BCUT2D eigenvalue weighted by Gasteiger charge is -2.38. The van der Waals surface area contributed by atoms with E-state index in [-0.39, 0.29) is 17.9 Å². The zero-order valence-corrected chi connectivity index (χ0v) is 19.5. The number of nitrogens with zero attached hydrogens (tertiary/aromatic N) is 4. The zero-order chi connectivity index (χ0) is 22.6. The van der Waals surface area contributed by atoms with Crippen molar-refractivity contribution in [1.29, 1.82) is 0 Å². The van der Waals surface area contributed by atoms with Crippen LogP contribution in [0.4, 0.5) is 10.5 Å². The van der Waals surface area contributed by atoms with Gasteiger partial charge in [0, 0.05) is 45.0 Å². The van der Waals surface area contributed by atoms with Crippen molar-refractivity contribution in [1.82, 2.24) is 19.7 Å². The highest BCUT2D eigenvalue weighted by Gasteiger charge is 2.32. The number of rotatable bonds is 4. The normalized spacial score (nSPS) is 19.6. The first-order valence-electron chi connectivity index (χ1n) is 11.6. The van der Waals surface area contributed by atoms with Gasteiger partial charge in [0.05, 0.1) is 22.7 Å². The van der Waals surface area contributed by atoms with Gasteiger partial charge in [0.2, 0.25) is 5.91 Å². The molecule has 2 aliphatic heterocycles. The van der Waals surface area contributed by atoms with Crippen LogP contribution in [-0.4, -0.2) is 70.9 Å². The van der Waals surface area contributed by atoms with Crippen molar-refractivity contribution in [2.45, 2.75) is 19.4 Å². The summed E-state index contributed by atoms with van der Waals surface area (Å²) < 4.78 is 1.22. The fourth-order valence-electron chi connectivity index (χ4n) is 4.65. The summed E-state index contributed by atoms with van der Waals surface area (Å²) in [6, 6.07) is 17.6. The van der Waals surface area contributed by atoms with Gasteiger partial charge in [-0.3, -0.25) is 9.69 Å². The lowest BCUT2D eigenvalue weighted by molar-refractivity contribution is -0.138. The number of hydrogen-bond acceptors (Lipinski definition) is 5. The Morgan fingerprint density at radius 2 is 1.70 bits per heavy atom. The summed E-state index contributed by atoms with van der Waals surface area (Å²) in [7, 11) is 0. The lowest BCUT2D eigenvalue weighted by atomic mass is 9.96. The Balaban J connectivity index is 1.12. The summed E-state index contributed by atoms with van der Waals surface area (Å²) in [6.45, 7) is 5.19. The predicted octanol–water partition coefficient (Wildman–Crippen LogP) is 3.88. The number of nitrogens with one attached hydrogen (secondary N) is 1. The number of piperazine rings is 1. The van der Waals surface area contributed by atoms with Crippen molar-refractivity contribution >= 4 is 39.2 Å². The number of benzene rings is 2. The molecule has 0 bridgehead atoms. The molecule has 8 heteroatoms. The quantitative estimate of drug-likeness (QED) is 0.638. The number of urea groups is 1. The van der Waals surface area contributed by atoms with E-state index >= 15 is 0 Å². The van der Waals surface area contributed by atoms with Crippen LogP contribution in [0.1, 0.15) is 17.8 Å². The molecule has 5 rings (SSSR count). The minimum absolute atomic E-state index is 0.115. The maximum atomic E-state index is 13.2. The summed E-state index contributed by atoms with van der Waals surface area (Å²) in [6.07, 6.45) is 1.70. The first-order chi connectivity index (χ1) is 16.2. The molecule has 1 atom stereocenters. The van der Waals surface area contributed by atoms with Crippen LogP contribution in [-0.2, 0) is 11.3 Å². The van der Waals surface area contributed by atoms with E-state index in [1.165, 1.54) is 4.70 Å². The number of piperidine rings is 1. The van der Waals surface area contributed by atoms with Gasteiger partial charge < -0.3 is 15.1 Å². The van der Waals surface area contributed by atoms with Crippen LogP contribution < -0.4 is 5.32 Å². The third-order valence-corrected chi connectivity index (χ3v) is 7.49. The van der Waals surface area contributed by atoms with E-state index in [2.05, 4.69) is 22.3 Å². The number of carbonyl (C=O) groups excluding carboxylic acids is 2. The van der Waals surface area contributed by atoms with Gasteiger partial charge >= 0.3 is 6.03 Å². The molecule has 0 spiro atoms. The van der Waals surface area contributed by atoms with Gasteiger partial charge in [0.15, 0.2) is 0 Å². The summed E-state index contributed by atoms with van der Waals surface area (Å²) in [4.78, 5) is 36.8. The molecule has 0 aliphatic carbocycles. The number of carbonyl (C=O) groups is 2. The first kappa shape index (κ1) is 21.9. The van der Waals surface area contributed by atoms with Gasteiger partial charge in [-0.15, -0.1) is 11.3 Å². The van der Waals surface area contributed by atoms with E-state index < -0.39 is 0 Å². The van der Waals surface area contributed by atoms with Crippen LogP contribution >= 0.6 is 11.3 Å². The molecule has 3 aromatic rings. The second-order valence-electron chi connectivity index (χ2n) is 8.76. The van der Waals surface area contributed by atoms with Crippen molar-refractivity contribution in [3.05, 3.63) is 59.6 Å². The van der Waals surface area contributed by atoms with Crippen molar-refractivity contribution < 1.29 is 9.59 Å². The molecule has 0 radical (unpaired) electrons. The Labute approximate surface area is 198 Å². The van der Waals surface area contributed by atoms with Gasteiger partial charge in [-0.05, 0) is 37.1 Å². The van der Waals surface area contributed by atoms with E-state index in [0.29, 0.717) is 13.1 Å². The molecule has 1 N–H and O–H groups in total. The van der Waals surface area contributed by atoms with Crippen LogP contribution in [0.15, 0.2) is 54.6 Å². The van der Waals surface area contributed by atoms with Crippen LogP contribution in [0.2, 0.25) is 0 Å². The topological polar surface area (TPSA) is 68.8 Å². The number of likely N-dealkylation sites (tertiary alicyclic amines) is 1. The largest absolute Gasteiger partial charge is 0.340 e. The lowest BCUT2D eigenvalue weighted by Crippen LogP contribution is -2.53. The minimum atomic E-state index is -0.126. The summed E-state index contributed by atoms with van der Waals surface area (Å²) >= 11 is 1.75. The molecule has 33 heavy (non-hydrogen) atoms. The molecule has 2 saturated heterocycles. The molecule has 1 aromatic heterocycles. The smallest absolute Gasteiger partial charge is 0.321 e. The Bertz CT molecular complexity index is 1080. The van der Waals surface area contributed by atoms with Crippen molar-refractivity contribution in [3.8, 4) is 0 Å². The molecule has 172 valence electrons. The number of thiazole rings is 1. The summed E-state index contributed by atoms with van der Waals surface area (Å²) in [5.41, 5.74) is 1.84. The van der Waals surface area contributed by atoms with Crippen LogP contribution in [0, 0.1) is 5.92 Å². The molecule has 3 heterocycles. The fourth-order valence-corrected chi connectivity index (χ4v) is 5.66. The average molecular weight is 464 g/mol. The minimum Gasteiger partial charge on any atom is -0.340 e. The number of amides is 3. The third kappa shape index (κ3) is 5.17. The molecule has 2 aromatic carbocycles. The molecule has 2 fully saturated rings. The van der Waals surface area contributed by atoms with Crippen molar-refractivity contribution in [2.75, 3.05) is 44.6 Å². The average Bonchev–Trinajstić information content (AvgIpc) is 3.27. The van der Waals surface area contributed by atoms with Crippen molar-refractivity contribution in [2.24, 2.45) is 5.92 Å². The van der Waals surface area contributed by atoms with Crippen LogP contribution in [0.3, 0.4) is 0 Å². The number of aromatic nitrogens is 1. The van der Waals surface area contributed by atoms with Gasteiger partial charge in [-0.2, -0.15) is 0 Å². The SMILES string of the molecule is O=C(Nc1ccccc1)N1CCC[C@H](C(=O)N2CCN(Cc3nc4ccccc4s3)CC2)C1. The molecule has 0 saturated carbocycles. The highest BCUT2D eigenvalue weighted by molar-refractivity contribution is 7.18. The van der Waals surface area contributed by atoms with E-state index in [1.54, 1.807) is 16.2 Å².